The number of amides is 2. The molecular weight excluding hydrogens is 240 g/mol. The Morgan fingerprint density at radius 2 is 2.28 bits per heavy atom. The van der Waals surface area contributed by atoms with Crippen molar-refractivity contribution in [1.82, 2.24) is 19.8 Å². The number of hydrogen-bond donors (Lipinski definition) is 3. The first-order valence-corrected chi connectivity index (χ1v) is 5.27. The lowest BCUT2D eigenvalue weighted by atomic mass is 10.3. The van der Waals surface area contributed by atoms with Crippen LogP contribution < -0.4 is 5.32 Å². The molecule has 2 amide bonds. The molecule has 1 unspecified atom stereocenters. The summed E-state index contributed by atoms with van der Waals surface area (Å²) in [5.74, 6) is -0.611. The third kappa shape index (κ3) is 3.45. The largest absolute Gasteiger partial charge is 0.480 e. The molecule has 18 heavy (non-hydrogen) atoms. The van der Waals surface area contributed by atoms with E-state index < -0.39 is 24.6 Å². The highest BCUT2D eigenvalue weighted by Gasteiger charge is 2.21. The molecule has 0 bridgehead atoms. The van der Waals surface area contributed by atoms with Crippen LogP contribution in [0.15, 0.2) is 12.4 Å². The number of aliphatic hydroxyl groups is 1. The summed E-state index contributed by atoms with van der Waals surface area (Å²) >= 11 is 0. The lowest BCUT2D eigenvalue weighted by Gasteiger charge is -2.20. The number of carboxylic acid groups (broad SMARTS) is 1. The molecule has 1 heterocycles. The van der Waals surface area contributed by atoms with Gasteiger partial charge in [-0.3, -0.25) is 0 Å². The van der Waals surface area contributed by atoms with Crippen molar-refractivity contribution in [3.8, 4) is 0 Å². The van der Waals surface area contributed by atoms with Gasteiger partial charge in [0.05, 0.1) is 13.2 Å². The normalized spacial score (nSPS) is 11.9. The number of urea groups is 1. The molecule has 0 radical (unpaired) electrons. The van der Waals surface area contributed by atoms with E-state index in [9.17, 15) is 9.59 Å². The summed E-state index contributed by atoms with van der Waals surface area (Å²) in [4.78, 5) is 27.6. The van der Waals surface area contributed by atoms with Crippen LogP contribution in [0.3, 0.4) is 0 Å². The second-order valence-corrected chi connectivity index (χ2v) is 3.83. The number of nitrogens with zero attached hydrogens (tertiary/aromatic N) is 3. The fourth-order valence-corrected chi connectivity index (χ4v) is 1.28. The summed E-state index contributed by atoms with van der Waals surface area (Å²) in [5.41, 5.74) is 0. The molecule has 0 aliphatic rings. The summed E-state index contributed by atoms with van der Waals surface area (Å²) in [5, 5.41) is 19.7. The van der Waals surface area contributed by atoms with Crippen molar-refractivity contribution < 1.29 is 19.8 Å². The van der Waals surface area contributed by atoms with E-state index >= 15 is 0 Å². The number of imidazole rings is 1. The average molecular weight is 256 g/mol. The fraction of sp³-hybridized carbons (Fsp3) is 0.500. The zero-order chi connectivity index (χ0) is 13.7. The van der Waals surface area contributed by atoms with Crippen molar-refractivity contribution in [3.05, 3.63) is 18.2 Å². The maximum Gasteiger partial charge on any atom is 0.328 e. The molecule has 1 aromatic rings. The number of carboxylic acids is 1. The van der Waals surface area contributed by atoms with Gasteiger partial charge in [-0.1, -0.05) is 0 Å². The summed E-state index contributed by atoms with van der Waals surface area (Å²) in [6, 6.07) is -1.89. The Morgan fingerprint density at radius 3 is 2.72 bits per heavy atom. The Bertz CT molecular complexity index is 431. The molecule has 100 valence electrons. The highest BCUT2D eigenvalue weighted by Crippen LogP contribution is 2.00. The molecule has 0 saturated heterocycles. The smallest absolute Gasteiger partial charge is 0.328 e. The van der Waals surface area contributed by atoms with E-state index in [0.29, 0.717) is 5.82 Å². The highest BCUT2D eigenvalue weighted by atomic mass is 16.4. The average Bonchev–Trinajstić information content (AvgIpc) is 2.71. The first-order valence-electron chi connectivity index (χ1n) is 5.27. The Morgan fingerprint density at radius 1 is 1.61 bits per heavy atom. The predicted molar refractivity (Wildman–Crippen MR) is 61.7 cm³/mol. The second-order valence-electron chi connectivity index (χ2n) is 3.83. The third-order valence-corrected chi connectivity index (χ3v) is 2.42. The molecule has 8 nitrogen and oxygen atoms in total. The van der Waals surface area contributed by atoms with Crippen LogP contribution in [0.1, 0.15) is 5.82 Å². The third-order valence-electron chi connectivity index (χ3n) is 2.42. The molecule has 1 rings (SSSR count). The minimum Gasteiger partial charge on any atom is -0.480 e. The highest BCUT2D eigenvalue weighted by molar-refractivity contribution is 5.82. The van der Waals surface area contributed by atoms with Gasteiger partial charge in [-0.2, -0.15) is 0 Å². The molecule has 8 heteroatoms. The van der Waals surface area contributed by atoms with Crippen molar-refractivity contribution in [2.45, 2.75) is 12.6 Å². The van der Waals surface area contributed by atoms with Crippen molar-refractivity contribution >= 4 is 12.0 Å². The van der Waals surface area contributed by atoms with Gasteiger partial charge in [-0.25, -0.2) is 14.6 Å². The summed E-state index contributed by atoms with van der Waals surface area (Å²) < 4.78 is 1.75. The Labute approximate surface area is 104 Å². The van der Waals surface area contributed by atoms with E-state index in [2.05, 4.69) is 10.3 Å². The molecule has 1 aromatic heterocycles. The van der Waals surface area contributed by atoms with Crippen LogP contribution in [0.4, 0.5) is 4.79 Å². The molecule has 0 aliphatic carbocycles. The lowest BCUT2D eigenvalue weighted by Crippen LogP contribution is -2.48. The first-order chi connectivity index (χ1) is 8.45. The van der Waals surface area contributed by atoms with E-state index in [-0.39, 0.29) is 6.54 Å². The molecule has 3 N–H and O–H groups in total. The van der Waals surface area contributed by atoms with Gasteiger partial charge in [-0.15, -0.1) is 0 Å². The summed E-state index contributed by atoms with van der Waals surface area (Å²) in [6.45, 7) is -0.412. The SMILES string of the molecule is CN(Cc1nccn1C)C(=O)NC(CO)C(=O)O. The number of hydrogen-bond acceptors (Lipinski definition) is 4. The zero-order valence-corrected chi connectivity index (χ0v) is 10.2. The van der Waals surface area contributed by atoms with Crippen molar-refractivity contribution in [3.63, 3.8) is 0 Å². The number of carbonyl (C=O) groups excluding carboxylic acids is 1. The maximum atomic E-state index is 11.7. The van der Waals surface area contributed by atoms with Crippen LogP contribution in [-0.2, 0) is 18.4 Å². The minimum absolute atomic E-state index is 0.243. The molecular formula is C10H16N4O4. The number of aliphatic hydroxyl groups excluding tert-OH is 1. The summed E-state index contributed by atoms with van der Waals surface area (Å²) in [6.07, 6.45) is 3.35. The molecule has 0 fully saturated rings. The number of nitrogens with one attached hydrogen (secondary N) is 1. The Hall–Kier alpha value is -2.09. The topological polar surface area (TPSA) is 108 Å². The van der Waals surface area contributed by atoms with Gasteiger partial charge in [0.25, 0.3) is 0 Å². The zero-order valence-electron chi connectivity index (χ0n) is 10.2. The minimum atomic E-state index is -1.30. The number of aryl methyl sites for hydroxylation is 1. The fourth-order valence-electron chi connectivity index (χ4n) is 1.28. The van der Waals surface area contributed by atoms with Gasteiger partial charge in [-0.05, 0) is 0 Å². The standard InChI is InChI=1S/C10H16N4O4/c1-13-4-3-11-8(13)5-14(2)10(18)12-7(6-15)9(16)17/h3-4,7,15H,5-6H2,1-2H3,(H,12,18)(H,16,17). The molecule has 1 atom stereocenters. The van der Waals surface area contributed by atoms with Crippen LogP contribution in [0.2, 0.25) is 0 Å². The first kappa shape index (κ1) is 14.0. The van der Waals surface area contributed by atoms with Gasteiger partial charge in [0.1, 0.15) is 5.82 Å². The van der Waals surface area contributed by atoms with Crippen molar-refractivity contribution in [2.75, 3.05) is 13.7 Å². The lowest BCUT2D eigenvalue weighted by molar-refractivity contribution is -0.140. The van der Waals surface area contributed by atoms with Crippen LogP contribution in [0, 0.1) is 0 Å². The maximum absolute atomic E-state index is 11.7. The molecule has 0 saturated carbocycles. The predicted octanol–water partition coefficient (Wildman–Crippen LogP) is -0.993. The van der Waals surface area contributed by atoms with Gasteiger partial charge < -0.3 is 25.0 Å². The van der Waals surface area contributed by atoms with Crippen molar-refractivity contribution in [1.29, 1.82) is 0 Å². The Balaban J connectivity index is 2.56. The summed E-state index contributed by atoms with van der Waals surface area (Å²) in [7, 11) is 3.31. The molecule has 0 aliphatic heterocycles. The number of aliphatic carboxylic acids is 1. The molecule has 0 spiro atoms. The number of carbonyl (C=O) groups is 2. The van der Waals surface area contributed by atoms with Crippen LogP contribution in [-0.4, -0.2) is 56.4 Å². The monoisotopic (exact) mass is 256 g/mol. The van der Waals surface area contributed by atoms with Gasteiger partial charge in [0, 0.05) is 26.5 Å². The van der Waals surface area contributed by atoms with E-state index in [4.69, 9.17) is 10.2 Å². The van der Waals surface area contributed by atoms with E-state index in [0.717, 1.165) is 0 Å². The second kappa shape index (κ2) is 6.01. The Kier molecular flexibility index (Phi) is 4.67. The van der Waals surface area contributed by atoms with Gasteiger partial charge in [0.15, 0.2) is 6.04 Å². The van der Waals surface area contributed by atoms with Gasteiger partial charge >= 0.3 is 12.0 Å². The van der Waals surface area contributed by atoms with Crippen LogP contribution >= 0.6 is 0 Å². The van der Waals surface area contributed by atoms with Crippen LogP contribution in [0.5, 0.6) is 0 Å². The van der Waals surface area contributed by atoms with Crippen LogP contribution in [0.25, 0.3) is 0 Å². The quantitative estimate of drug-likeness (QED) is 0.626. The van der Waals surface area contributed by atoms with E-state index in [1.54, 1.807) is 24.0 Å². The number of rotatable bonds is 5. The molecule has 0 aromatic carbocycles. The number of aromatic nitrogens is 2. The van der Waals surface area contributed by atoms with E-state index in [1.165, 1.54) is 11.9 Å². The van der Waals surface area contributed by atoms with E-state index in [1.807, 2.05) is 0 Å². The van der Waals surface area contributed by atoms with Gasteiger partial charge in [0.2, 0.25) is 0 Å². The van der Waals surface area contributed by atoms with Crippen molar-refractivity contribution in [2.24, 2.45) is 7.05 Å².